The fourth-order valence-corrected chi connectivity index (χ4v) is 2.50. The van der Waals surface area contributed by atoms with Crippen molar-refractivity contribution in [3.05, 3.63) is 29.8 Å². The number of carbonyl (C=O) groups is 1. The summed E-state index contributed by atoms with van der Waals surface area (Å²) in [7, 11) is 0. The molecular formula is C13H17NO3. The van der Waals surface area contributed by atoms with Crippen LogP contribution >= 0.6 is 0 Å². The molecule has 4 heteroatoms. The molecule has 1 saturated heterocycles. The molecule has 1 aliphatic heterocycles. The number of hydrogen-bond acceptors (Lipinski definition) is 3. The number of aliphatic hydroxyl groups is 1. The Balaban J connectivity index is 2.36. The third-order valence-corrected chi connectivity index (χ3v) is 3.30. The van der Waals surface area contributed by atoms with Crippen LogP contribution < -0.4 is 4.90 Å². The summed E-state index contributed by atoms with van der Waals surface area (Å²) in [6.45, 7) is 2.56. The topological polar surface area (TPSA) is 60.8 Å². The molecule has 0 saturated carbocycles. The number of hydrogen-bond donors (Lipinski definition) is 2. The minimum atomic E-state index is -0.920. The SMILES string of the molecule is CC(O)C1CCCN1c1ccccc1C(=O)O. The number of aliphatic hydroxyl groups excluding tert-OH is 1. The average Bonchev–Trinajstić information content (AvgIpc) is 2.77. The molecular weight excluding hydrogens is 218 g/mol. The summed E-state index contributed by atoms with van der Waals surface area (Å²) in [6, 6.07) is 6.99. The zero-order chi connectivity index (χ0) is 12.4. The molecule has 2 atom stereocenters. The summed E-state index contributed by atoms with van der Waals surface area (Å²) in [6.07, 6.45) is 1.45. The Morgan fingerprint density at radius 1 is 1.47 bits per heavy atom. The Morgan fingerprint density at radius 2 is 2.18 bits per heavy atom. The number of nitrogens with zero attached hydrogens (tertiary/aromatic N) is 1. The number of carboxylic acids is 1. The van der Waals surface area contributed by atoms with E-state index in [0.29, 0.717) is 11.3 Å². The highest BCUT2D eigenvalue weighted by Gasteiger charge is 2.30. The van der Waals surface area contributed by atoms with Gasteiger partial charge in [0.25, 0.3) is 0 Å². The lowest BCUT2D eigenvalue weighted by Gasteiger charge is -2.29. The Kier molecular flexibility index (Phi) is 3.33. The summed E-state index contributed by atoms with van der Waals surface area (Å²) in [5.74, 6) is -0.920. The monoisotopic (exact) mass is 235 g/mol. The number of carboxylic acid groups (broad SMARTS) is 1. The van der Waals surface area contributed by atoms with Crippen LogP contribution in [0.5, 0.6) is 0 Å². The first-order valence-corrected chi connectivity index (χ1v) is 5.88. The van der Waals surface area contributed by atoms with Crippen LogP contribution in [0.1, 0.15) is 30.1 Å². The lowest BCUT2D eigenvalue weighted by molar-refractivity contribution is 0.0697. The number of aromatic carboxylic acids is 1. The molecule has 1 aliphatic rings. The van der Waals surface area contributed by atoms with E-state index in [9.17, 15) is 9.90 Å². The smallest absolute Gasteiger partial charge is 0.337 e. The molecule has 1 aromatic carbocycles. The van der Waals surface area contributed by atoms with Crippen LogP contribution in [0, 0.1) is 0 Å². The van der Waals surface area contributed by atoms with E-state index < -0.39 is 12.1 Å². The van der Waals surface area contributed by atoms with Crippen molar-refractivity contribution < 1.29 is 15.0 Å². The molecule has 1 aromatic rings. The van der Waals surface area contributed by atoms with E-state index in [1.165, 1.54) is 0 Å². The fraction of sp³-hybridized carbons (Fsp3) is 0.462. The van der Waals surface area contributed by atoms with Crippen LogP contribution in [-0.4, -0.2) is 34.9 Å². The molecule has 0 bridgehead atoms. The van der Waals surface area contributed by atoms with Gasteiger partial charge in [-0.05, 0) is 31.9 Å². The summed E-state index contributed by atoms with van der Waals surface area (Å²) >= 11 is 0. The van der Waals surface area contributed by atoms with Crippen molar-refractivity contribution >= 4 is 11.7 Å². The zero-order valence-electron chi connectivity index (χ0n) is 9.84. The lowest BCUT2D eigenvalue weighted by atomic mass is 10.1. The van der Waals surface area contributed by atoms with Gasteiger partial charge in [0.05, 0.1) is 23.4 Å². The van der Waals surface area contributed by atoms with Crippen LogP contribution in [-0.2, 0) is 0 Å². The number of rotatable bonds is 3. The molecule has 0 spiro atoms. The first-order valence-electron chi connectivity index (χ1n) is 5.88. The first-order chi connectivity index (χ1) is 8.11. The summed E-state index contributed by atoms with van der Waals surface area (Å²) in [5, 5.41) is 18.9. The predicted molar refractivity (Wildman–Crippen MR) is 65.5 cm³/mol. The van der Waals surface area contributed by atoms with Gasteiger partial charge in [-0.1, -0.05) is 12.1 Å². The van der Waals surface area contributed by atoms with Crippen molar-refractivity contribution in [2.75, 3.05) is 11.4 Å². The van der Waals surface area contributed by atoms with E-state index >= 15 is 0 Å². The second-order valence-electron chi connectivity index (χ2n) is 4.47. The van der Waals surface area contributed by atoms with E-state index in [1.807, 2.05) is 17.0 Å². The van der Waals surface area contributed by atoms with E-state index in [2.05, 4.69) is 0 Å². The number of anilines is 1. The van der Waals surface area contributed by atoms with E-state index in [1.54, 1.807) is 19.1 Å². The summed E-state index contributed by atoms with van der Waals surface area (Å²) in [5.41, 5.74) is 1.02. The highest BCUT2D eigenvalue weighted by molar-refractivity contribution is 5.94. The number of para-hydroxylation sites is 1. The van der Waals surface area contributed by atoms with Gasteiger partial charge in [-0.15, -0.1) is 0 Å². The summed E-state index contributed by atoms with van der Waals surface area (Å²) in [4.78, 5) is 13.2. The van der Waals surface area contributed by atoms with E-state index in [0.717, 1.165) is 19.4 Å². The second-order valence-corrected chi connectivity index (χ2v) is 4.47. The molecule has 1 fully saturated rings. The third-order valence-electron chi connectivity index (χ3n) is 3.30. The van der Waals surface area contributed by atoms with Gasteiger partial charge in [-0.2, -0.15) is 0 Å². The van der Waals surface area contributed by atoms with Gasteiger partial charge in [0.2, 0.25) is 0 Å². The standard InChI is InChI=1S/C13H17NO3/c1-9(15)11-7-4-8-14(11)12-6-3-2-5-10(12)13(16)17/h2-3,5-6,9,11,15H,4,7-8H2,1H3,(H,16,17). The van der Waals surface area contributed by atoms with Crippen molar-refractivity contribution in [1.82, 2.24) is 0 Å². The molecule has 0 aliphatic carbocycles. The van der Waals surface area contributed by atoms with Crippen LogP contribution in [0.3, 0.4) is 0 Å². The summed E-state index contributed by atoms with van der Waals surface area (Å²) < 4.78 is 0. The minimum absolute atomic E-state index is 0.0236. The molecule has 2 unspecified atom stereocenters. The maximum absolute atomic E-state index is 11.2. The predicted octanol–water partition coefficient (Wildman–Crippen LogP) is 1.73. The van der Waals surface area contributed by atoms with Crippen molar-refractivity contribution in [2.24, 2.45) is 0 Å². The van der Waals surface area contributed by atoms with Crippen molar-refractivity contribution in [3.63, 3.8) is 0 Å². The Hall–Kier alpha value is -1.55. The normalized spacial score (nSPS) is 21.5. The minimum Gasteiger partial charge on any atom is -0.478 e. The van der Waals surface area contributed by atoms with Gasteiger partial charge in [0, 0.05) is 6.54 Å². The molecule has 2 N–H and O–H groups in total. The second kappa shape index (κ2) is 4.75. The first kappa shape index (κ1) is 11.9. The van der Waals surface area contributed by atoms with Crippen LogP contribution in [0.15, 0.2) is 24.3 Å². The van der Waals surface area contributed by atoms with Crippen LogP contribution in [0.4, 0.5) is 5.69 Å². The molecule has 1 heterocycles. The maximum atomic E-state index is 11.2. The highest BCUT2D eigenvalue weighted by Crippen LogP contribution is 2.30. The molecule has 4 nitrogen and oxygen atoms in total. The molecule has 2 rings (SSSR count). The number of benzene rings is 1. The van der Waals surface area contributed by atoms with E-state index in [4.69, 9.17) is 5.11 Å². The Morgan fingerprint density at radius 3 is 2.82 bits per heavy atom. The van der Waals surface area contributed by atoms with Crippen molar-refractivity contribution in [2.45, 2.75) is 31.9 Å². The van der Waals surface area contributed by atoms with Gasteiger partial charge in [0.1, 0.15) is 0 Å². The van der Waals surface area contributed by atoms with Gasteiger partial charge in [-0.25, -0.2) is 4.79 Å². The van der Waals surface area contributed by atoms with Gasteiger partial charge in [-0.3, -0.25) is 0 Å². The molecule has 0 aromatic heterocycles. The molecule has 0 radical (unpaired) electrons. The zero-order valence-corrected chi connectivity index (χ0v) is 9.84. The van der Waals surface area contributed by atoms with Crippen LogP contribution in [0.25, 0.3) is 0 Å². The van der Waals surface area contributed by atoms with Gasteiger partial charge < -0.3 is 15.1 Å². The van der Waals surface area contributed by atoms with Gasteiger partial charge >= 0.3 is 5.97 Å². The molecule has 17 heavy (non-hydrogen) atoms. The maximum Gasteiger partial charge on any atom is 0.337 e. The van der Waals surface area contributed by atoms with Crippen molar-refractivity contribution in [3.8, 4) is 0 Å². The Labute approximate surface area is 100 Å². The van der Waals surface area contributed by atoms with Crippen molar-refractivity contribution in [1.29, 1.82) is 0 Å². The highest BCUT2D eigenvalue weighted by atomic mass is 16.4. The van der Waals surface area contributed by atoms with Crippen LogP contribution in [0.2, 0.25) is 0 Å². The molecule has 92 valence electrons. The van der Waals surface area contributed by atoms with E-state index in [-0.39, 0.29) is 6.04 Å². The third kappa shape index (κ3) is 2.26. The molecule has 0 amide bonds. The quantitative estimate of drug-likeness (QED) is 0.837. The Bertz CT molecular complexity index is 417. The largest absolute Gasteiger partial charge is 0.478 e. The van der Waals surface area contributed by atoms with Gasteiger partial charge in [0.15, 0.2) is 0 Å². The lowest BCUT2D eigenvalue weighted by Crippen LogP contribution is -2.38. The fourth-order valence-electron chi connectivity index (χ4n) is 2.50. The average molecular weight is 235 g/mol.